The summed E-state index contributed by atoms with van der Waals surface area (Å²) >= 11 is 0. The molecule has 1 atom stereocenters. The number of hydrogen-bond donors (Lipinski definition) is 0. The Bertz CT molecular complexity index is 516. The second-order valence-corrected chi connectivity index (χ2v) is 5.41. The van der Waals surface area contributed by atoms with Gasteiger partial charge in [-0.05, 0) is 25.0 Å². The number of nitrogens with zero attached hydrogens (tertiary/aromatic N) is 3. The number of carbonyl (C=O) groups excluding carboxylic acids is 1. The van der Waals surface area contributed by atoms with Gasteiger partial charge in [-0.2, -0.15) is 13.2 Å². The second kappa shape index (κ2) is 5.91. The van der Waals surface area contributed by atoms with Crippen molar-refractivity contribution in [3.8, 4) is 0 Å². The van der Waals surface area contributed by atoms with Crippen LogP contribution >= 0.6 is 0 Å². The van der Waals surface area contributed by atoms with E-state index in [4.69, 9.17) is 0 Å². The first-order valence-electron chi connectivity index (χ1n) is 6.78. The summed E-state index contributed by atoms with van der Waals surface area (Å²) in [6, 6.07) is 2.60. The molecule has 0 N–H and O–H groups in total. The maximum absolute atomic E-state index is 12.7. The van der Waals surface area contributed by atoms with Crippen LogP contribution in [0.15, 0.2) is 18.3 Å². The fraction of sp³-hybridized carbons (Fsp3) is 0.571. The number of piperidine rings is 1. The van der Waals surface area contributed by atoms with Crippen LogP contribution in [-0.2, 0) is 11.0 Å². The molecule has 2 rings (SSSR count). The lowest BCUT2D eigenvalue weighted by Gasteiger charge is -2.34. The molecule has 0 aromatic carbocycles. The normalized spacial score (nSPS) is 19.5. The van der Waals surface area contributed by atoms with Crippen molar-refractivity contribution in [2.24, 2.45) is 5.92 Å². The van der Waals surface area contributed by atoms with Crippen LogP contribution < -0.4 is 4.90 Å². The molecule has 0 saturated carbocycles. The number of halogens is 3. The molecule has 0 aliphatic carbocycles. The Morgan fingerprint density at radius 2 is 2.14 bits per heavy atom. The lowest BCUT2D eigenvalue weighted by molar-refractivity contribution is -0.141. The summed E-state index contributed by atoms with van der Waals surface area (Å²) < 4.78 is 38.1. The van der Waals surface area contributed by atoms with E-state index in [1.165, 1.54) is 4.90 Å². The lowest BCUT2D eigenvalue weighted by atomic mass is 9.96. The topological polar surface area (TPSA) is 36.4 Å². The summed E-state index contributed by atoms with van der Waals surface area (Å²) in [6.07, 6.45) is -1.74. The predicted molar refractivity (Wildman–Crippen MR) is 72.9 cm³/mol. The van der Waals surface area contributed by atoms with Gasteiger partial charge in [-0.1, -0.05) is 0 Å². The van der Waals surface area contributed by atoms with Gasteiger partial charge in [0.05, 0.1) is 5.92 Å². The molecule has 0 spiro atoms. The molecule has 116 valence electrons. The van der Waals surface area contributed by atoms with E-state index in [2.05, 4.69) is 4.98 Å². The van der Waals surface area contributed by atoms with Crippen LogP contribution in [0.5, 0.6) is 0 Å². The SMILES string of the molecule is CN(C)C(=O)C1CCCN(c2ccnc(C(F)(F)F)c2)C1. The van der Waals surface area contributed by atoms with Crippen molar-refractivity contribution in [2.45, 2.75) is 19.0 Å². The Balaban J connectivity index is 2.16. The zero-order valence-corrected chi connectivity index (χ0v) is 12.0. The van der Waals surface area contributed by atoms with Crippen molar-refractivity contribution < 1.29 is 18.0 Å². The molecule has 2 heterocycles. The van der Waals surface area contributed by atoms with Gasteiger partial charge in [-0.3, -0.25) is 9.78 Å². The summed E-state index contributed by atoms with van der Waals surface area (Å²) in [5.74, 6) is -0.152. The zero-order valence-electron chi connectivity index (χ0n) is 12.0. The van der Waals surface area contributed by atoms with Gasteiger partial charge in [0, 0.05) is 39.1 Å². The number of rotatable bonds is 2. The van der Waals surface area contributed by atoms with E-state index < -0.39 is 11.9 Å². The van der Waals surface area contributed by atoms with Crippen molar-refractivity contribution in [3.05, 3.63) is 24.0 Å². The molecule has 0 bridgehead atoms. The van der Waals surface area contributed by atoms with E-state index in [9.17, 15) is 18.0 Å². The molecule has 0 radical (unpaired) electrons. The van der Waals surface area contributed by atoms with E-state index in [0.717, 1.165) is 25.1 Å². The Kier molecular flexibility index (Phi) is 4.39. The van der Waals surface area contributed by atoms with Crippen molar-refractivity contribution in [3.63, 3.8) is 0 Å². The highest BCUT2D eigenvalue weighted by Gasteiger charge is 2.33. The molecule has 1 fully saturated rings. The summed E-state index contributed by atoms with van der Waals surface area (Å²) in [6.45, 7) is 1.09. The molecule has 21 heavy (non-hydrogen) atoms. The van der Waals surface area contributed by atoms with Crippen LogP contribution in [0.2, 0.25) is 0 Å². The molecule has 1 aliphatic heterocycles. The van der Waals surface area contributed by atoms with E-state index in [1.54, 1.807) is 20.2 Å². The van der Waals surface area contributed by atoms with Gasteiger partial charge in [0.1, 0.15) is 5.69 Å². The number of aromatic nitrogens is 1. The van der Waals surface area contributed by atoms with Gasteiger partial charge in [-0.25, -0.2) is 0 Å². The lowest BCUT2D eigenvalue weighted by Crippen LogP contribution is -2.42. The number of hydrogen-bond acceptors (Lipinski definition) is 3. The minimum absolute atomic E-state index is 0.0183. The van der Waals surface area contributed by atoms with Crippen molar-refractivity contribution in [1.82, 2.24) is 9.88 Å². The summed E-state index contributed by atoms with van der Waals surface area (Å²) in [4.78, 5) is 18.7. The Morgan fingerprint density at radius 1 is 1.43 bits per heavy atom. The fourth-order valence-corrected chi connectivity index (χ4v) is 2.55. The molecular weight excluding hydrogens is 283 g/mol. The first kappa shape index (κ1) is 15.6. The van der Waals surface area contributed by atoms with Gasteiger partial charge in [0.2, 0.25) is 5.91 Å². The standard InChI is InChI=1S/C14H18F3N3O/c1-19(2)13(21)10-4-3-7-20(9-10)11-5-6-18-12(8-11)14(15,16)17/h5-6,8,10H,3-4,7,9H2,1-2H3. The Hall–Kier alpha value is -1.79. The highest BCUT2D eigenvalue weighted by atomic mass is 19.4. The number of alkyl halides is 3. The number of anilines is 1. The first-order chi connectivity index (χ1) is 9.79. The molecule has 1 aromatic heterocycles. The summed E-state index contributed by atoms with van der Waals surface area (Å²) in [5, 5.41) is 0. The van der Waals surface area contributed by atoms with Crippen molar-refractivity contribution >= 4 is 11.6 Å². The monoisotopic (exact) mass is 301 g/mol. The predicted octanol–water partition coefficient (Wildman–Crippen LogP) is 2.41. The smallest absolute Gasteiger partial charge is 0.371 e. The van der Waals surface area contributed by atoms with Crippen molar-refractivity contribution in [1.29, 1.82) is 0 Å². The third kappa shape index (κ3) is 3.65. The van der Waals surface area contributed by atoms with Gasteiger partial charge >= 0.3 is 6.18 Å². The first-order valence-corrected chi connectivity index (χ1v) is 6.78. The number of carbonyl (C=O) groups is 1. The fourth-order valence-electron chi connectivity index (χ4n) is 2.55. The summed E-state index contributed by atoms with van der Waals surface area (Å²) in [5.41, 5.74) is -0.436. The average Bonchev–Trinajstić information content (AvgIpc) is 2.46. The molecular formula is C14H18F3N3O. The molecule has 1 aromatic rings. The zero-order chi connectivity index (χ0) is 15.6. The Morgan fingerprint density at radius 3 is 2.76 bits per heavy atom. The largest absolute Gasteiger partial charge is 0.433 e. The van der Waals surface area contributed by atoms with E-state index in [0.29, 0.717) is 18.8 Å². The molecule has 1 amide bonds. The van der Waals surface area contributed by atoms with E-state index in [-0.39, 0.29) is 11.8 Å². The van der Waals surface area contributed by atoms with Crippen LogP contribution in [0, 0.1) is 5.92 Å². The van der Waals surface area contributed by atoms with Crippen LogP contribution in [0.25, 0.3) is 0 Å². The Labute approximate surface area is 121 Å². The highest BCUT2D eigenvalue weighted by molar-refractivity contribution is 5.79. The average molecular weight is 301 g/mol. The summed E-state index contributed by atoms with van der Waals surface area (Å²) in [7, 11) is 3.38. The van der Waals surface area contributed by atoms with E-state index in [1.807, 2.05) is 4.90 Å². The number of pyridine rings is 1. The third-order valence-corrected chi connectivity index (χ3v) is 3.61. The van der Waals surface area contributed by atoms with Gasteiger partial charge in [-0.15, -0.1) is 0 Å². The minimum Gasteiger partial charge on any atom is -0.371 e. The maximum atomic E-state index is 12.7. The minimum atomic E-state index is -4.45. The van der Waals surface area contributed by atoms with Gasteiger partial charge in [0.25, 0.3) is 0 Å². The maximum Gasteiger partial charge on any atom is 0.433 e. The van der Waals surface area contributed by atoms with Gasteiger partial charge in [0.15, 0.2) is 0 Å². The van der Waals surface area contributed by atoms with E-state index >= 15 is 0 Å². The second-order valence-electron chi connectivity index (χ2n) is 5.41. The highest BCUT2D eigenvalue weighted by Crippen LogP contribution is 2.31. The molecule has 7 heteroatoms. The number of amides is 1. The van der Waals surface area contributed by atoms with Crippen LogP contribution in [0.3, 0.4) is 0 Å². The van der Waals surface area contributed by atoms with Crippen LogP contribution in [0.4, 0.5) is 18.9 Å². The van der Waals surface area contributed by atoms with Crippen LogP contribution in [-0.4, -0.2) is 43.0 Å². The van der Waals surface area contributed by atoms with Crippen LogP contribution in [0.1, 0.15) is 18.5 Å². The van der Waals surface area contributed by atoms with Gasteiger partial charge < -0.3 is 9.80 Å². The molecule has 1 unspecified atom stereocenters. The quantitative estimate of drug-likeness (QED) is 0.841. The molecule has 4 nitrogen and oxygen atoms in total. The third-order valence-electron chi connectivity index (χ3n) is 3.61. The molecule has 1 aliphatic rings. The van der Waals surface area contributed by atoms with Crippen molar-refractivity contribution in [2.75, 3.05) is 32.1 Å². The molecule has 1 saturated heterocycles.